The van der Waals surface area contributed by atoms with E-state index in [4.69, 9.17) is 9.15 Å². The van der Waals surface area contributed by atoms with Crippen LogP contribution in [-0.2, 0) is 4.74 Å². The van der Waals surface area contributed by atoms with Crippen LogP contribution in [0, 0.1) is 17.3 Å². The Morgan fingerprint density at radius 2 is 1.80 bits per heavy atom. The van der Waals surface area contributed by atoms with Crippen molar-refractivity contribution >= 4 is 28.5 Å². The molecule has 4 rings (SSSR count). The molecule has 0 spiro atoms. The quantitative estimate of drug-likeness (QED) is 0.207. The zero-order valence-electron chi connectivity index (χ0n) is 23.1. The molecule has 0 aliphatic heterocycles. The first kappa shape index (κ1) is 28.3. The van der Waals surface area contributed by atoms with Crippen molar-refractivity contribution in [1.82, 2.24) is 10.6 Å². The highest BCUT2D eigenvalue weighted by Crippen LogP contribution is 2.41. The van der Waals surface area contributed by atoms with Crippen LogP contribution in [0.15, 0.2) is 65.1 Å². The van der Waals surface area contributed by atoms with Gasteiger partial charge in [0.05, 0.1) is 23.4 Å². The van der Waals surface area contributed by atoms with E-state index in [-0.39, 0.29) is 23.1 Å². The van der Waals surface area contributed by atoms with E-state index in [1.54, 1.807) is 49.6 Å². The molecule has 0 aliphatic rings. The Labute approximate surface area is 232 Å². The lowest BCUT2D eigenvalue weighted by Crippen LogP contribution is -2.46. The van der Waals surface area contributed by atoms with Gasteiger partial charge in [-0.05, 0) is 68.8 Å². The second-order valence-electron chi connectivity index (χ2n) is 9.95. The number of furan rings is 1. The van der Waals surface area contributed by atoms with E-state index in [1.165, 1.54) is 24.1 Å². The predicted molar refractivity (Wildman–Crippen MR) is 152 cm³/mol. The predicted octanol–water partition coefficient (Wildman–Crippen LogP) is 5.73. The SMILES string of the molecule is CCN(C#N)c1cc2oc(-c3ccc(F)cc3)c(C(=O)NC)c2cc1-c1cccc(C(=O)NC(C)(C)COC)c1. The molecule has 0 radical (unpaired) electrons. The fourth-order valence-electron chi connectivity index (χ4n) is 4.64. The lowest BCUT2D eigenvalue weighted by Gasteiger charge is -2.25. The van der Waals surface area contributed by atoms with Crippen LogP contribution in [0.1, 0.15) is 41.5 Å². The van der Waals surface area contributed by atoms with Crippen LogP contribution in [0.4, 0.5) is 10.1 Å². The minimum Gasteiger partial charge on any atom is -0.455 e. The Morgan fingerprint density at radius 3 is 2.42 bits per heavy atom. The topological polar surface area (TPSA) is 108 Å². The van der Waals surface area contributed by atoms with Crippen molar-refractivity contribution in [2.24, 2.45) is 0 Å². The van der Waals surface area contributed by atoms with Crippen molar-refractivity contribution in [3.63, 3.8) is 0 Å². The maximum Gasteiger partial charge on any atom is 0.255 e. The number of amides is 2. The minimum absolute atomic E-state index is 0.271. The van der Waals surface area contributed by atoms with E-state index in [2.05, 4.69) is 16.8 Å². The second kappa shape index (κ2) is 11.6. The summed E-state index contributed by atoms with van der Waals surface area (Å²) in [4.78, 5) is 27.7. The van der Waals surface area contributed by atoms with E-state index in [0.29, 0.717) is 52.1 Å². The molecule has 0 atom stereocenters. The molecule has 8 nitrogen and oxygen atoms in total. The summed E-state index contributed by atoms with van der Waals surface area (Å²) in [5.74, 6) is -0.774. The third-order valence-corrected chi connectivity index (χ3v) is 6.49. The summed E-state index contributed by atoms with van der Waals surface area (Å²) in [7, 11) is 3.10. The van der Waals surface area contributed by atoms with Gasteiger partial charge in [0.2, 0.25) is 0 Å². The van der Waals surface area contributed by atoms with Crippen molar-refractivity contribution in [2.45, 2.75) is 26.3 Å². The van der Waals surface area contributed by atoms with Crippen LogP contribution in [-0.4, -0.2) is 44.7 Å². The maximum atomic E-state index is 13.6. The number of nitrogens with one attached hydrogen (secondary N) is 2. The van der Waals surface area contributed by atoms with Gasteiger partial charge in [-0.3, -0.25) is 14.5 Å². The largest absolute Gasteiger partial charge is 0.455 e. The van der Waals surface area contributed by atoms with E-state index < -0.39 is 11.4 Å². The number of hydrogen-bond acceptors (Lipinski definition) is 6. The number of anilines is 1. The molecule has 1 aromatic heterocycles. The number of rotatable bonds is 9. The van der Waals surface area contributed by atoms with E-state index >= 15 is 0 Å². The molecule has 0 bridgehead atoms. The highest BCUT2D eigenvalue weighted by atomic mass is 19.1. The summed E-state index contributed by atoms with van der Waals surface area (Å²) in [5.41, 5.74) is 2.92. The van der Waals surface area contributed by atoms with Gasteiger partial charge in [0.1, 0.15) is 17.2 Å². The summed E-state index contributed by atoms with van der Waals surface area (Å²) in [6.07, 6.45) is 2.20. The Morgan fingerprint density at radius 1 is 1.07 bits per heavy atom. The molecule has 2 N–H and O–H groups in total. The lowest BCUT2D eigenvalue weighted by molar-refractivity contribution is 0.0819. The van der Waals surface area contributed by atoms with Crippen LogP contribution < -0.4 is 15.5 Å². The summed E-state index contributed by atoms with van der Waals surface area (Å²) in [5, 5.41) is 16.1. The van der Waals surface area contributed by atoms with Crippen LogP contribution in [0.25, 0.3) is 33.4 Å². The van der Waals surface area contributed by atoms with Gasteiger partial charge in [-0.1, -0.05) is 12.1 Å². The standard InChI is InChI=1S/C31H31FN4O4/c1-6-36(18-33)25-16-26-24(27(30(38)34-4)28(40-26)19-10-12-22(32)13-11-19)15-23(25)20-8-7-9-21(14-20)29(37)35-31(2,3)17-39-5/h7-16H,6,17H2,1-5H3,(H,34,38)(H,35,37). The van der Waals surface area contributed by atoms with E-state index in [0.717, 1.165) is 0 Å². The highest BCUT2D eigenvalue weighted by molar-refractivity contribution is 6.13. The van der Waals surface area contributed by atoms with Crippen molar-refractivity contribution < 1.29 is 23.1 Å². The average molecular weight is 543 g/mol. The zero-order valence-corrected chi connectivity index (χ0v) is 23.1. The van der Waals surface area contributed by atoms with Crippen molar-refractivity contribution in [1.29, 1.82) is 5.26 Å². The minimum atomic E-state index is -0.582. The highest BCUT2D eigenvalue weighted by Gasteiger charge is 2.26. The molecular formula is C31H31FN4O4. The van der Waals surface area contributed by atoms with Gasteiger partial charge in [0.15, 0.2) is 6.19 Å². The smallest absolute Gasteiger partial charge is 0.255 e. The Balaban J connectivity index is 1.93. The molecule has 40 heavy (non-hydrogen) atoms. The zero-order chi connectivity index (χ0) is 29.0. The third-order valence-electron chi connectivity index (χ3n) is 6.49. The number of hydrogen-bond donors (Lipinski definition) is 2. The molecule has 1 heterocycles. The monoisotopic (exact) mass is 542 g/mol. The first-order valence-electron chi connectivity index (χ1n) is 12.8. The van der Waals surface area contributed by atoms with Gasteiger partial charge in [0, 0.05) is 48.8 Å². The van der Waals surface area contributed by atoms with Crippen LogP contribution >= 0.6 is 0 Å². The second-order valence-corrected chi connectivity index (χ2v) is 9.95. The lowest BCUT2D eigenvalue weighted by atomic mass is 9.96. The number of halogens is 1. The Hall–Kier alpha value is -4.68. The van der Waals surface area contributed by atoms with Crippen molar-refractivity contribution in [2.75, 3.05) is 32.2 Å². The molecular weight excluding hydrogens is 511 g/mol. The van der Waals surface area contributed by atoms with Gasteiger partial charge in [0.25, 0.3) is 11.8 Å². The van der Waals surface area contributed by atoms with Gasteiger partial charge < -0.3 is 19.8 Å². The number of methoxy groups -OCH3 is 1. The van der Waals surface area contributed by atoms with Gasteiger partial charge in [-0.2, -0.15) is 5.26 Å². The van der Waals surface area contributed by atoms with Gasteiger partial charge >= 0.3 is 0 Å². The van der Waals surface area contributed by atoms with Crippen LogP contribution in [0.5, 0.6) is 0 Å². The maximum absolute atomic E-state index is 13.6. The number of carbonyl (C=O) groups is 2. The molecule has 0 saturated carbocycles. The molecule has 2 amide bonds. The normalized spacial score (nSPS) is 11.2. The molecule has 9 heteroatoms. The van der Waals surface area contributed by atoms with Crippen molar-refractivity contribution in [3.8, 4) is 28.6 Å². The first-order valence-corrected chi connectivity index (χ1v) is 12.8. The van der Waals surface area contributed by atoms with Gasteiger partial charge in [-0.25, -0.2) is 4.39 Å². The molecule has 0 unspecified atom stereocenters. The molecule has 206 valence electrons. The Bertz CT molecular complexity index is 1600. The molecule has 3 aromatic carbocycles. The van der Waals surface area contributed by atoms with Gasteiger partial charge in [-0.15, -0.1) is 0 Å². The number of carbonyl (C=O) groups excluding carboxylic acids is 2. The number of ether oxygens (including phenoxy) is 1. The van der Waals surface area contributed by atoms with Crippen LogP contribution in [0.2, 0.25) is 0 Å². The van der Waals surface area contributed by atoms with Crippen molar-refractivity contribution in [3.05, 3.63) is 77.6 Å². The number of nitriles is 1. The number of nitrogens with zero attached hydrogens (tertiary/aromatic N) is 2. The average Bonchev–Trinajstić information content (AvgIpc) is 3.31. The fraction of sp³-hybridized carbons (Fsp3) is 0.258. The fourth-order valence-corrected chi connectivity index (χ4v) is 4.64. The van der Waals surface area contributed by atoms with Crippen LogP contribution in [0.3, 0.4) is 0 Å². The summed E-state index contributed by atoms with van der Waals surface area (Å²) < 4.78 is 25.0. The molecule has 4 aromatic rings. The molecule has 0 saturated heterocycles. The van der Waals surface area contributed by atoms with E-state index in [1.807, 2.05) is 26.8 Å². The third kappa shape index (κ3) is 5.67. The summed E-state index contributed by atoms with van der Waals surface area (Å²) in [6.45, 7) is 6.31. The van der Waals surface area contributed by atoms with E-state index in [9.17, 15) is 19.2 Å². The Kier molecular flexibility index (Phi) is 8.21. The number of fused-ring (bicyclic) bond motifs is 1. The summed E-state index contributed by atoms with van der Waals surface area (Å²) >= 11 is 0. The summed E-state index contributed by atoms with van der Waals surface area (Å²) in [6, 6.07) is 16.2. The number of benzene rings is 3. The first-order chi connectivity index (χ1) is 19.1. The molecule has 0 aliphatic carbocycles. The molecule has 0 fully saturated rings.